The summed E-state index contributed by atoms with van der Waals surface area (Å²) in [6, 6.07) is 8.18. The molecule has 7 heteroatoms. The van der Waals surface area contributed by atoms with Crippen molar-refractivity contribution in [2.45, 2.75) is 25.8 Å². The molecule has 0 saturated carbocycles. The van der Waals surface area contributed by atoms with Crippen molar-refractivity contribution in [2.75, 3.05) is 37.5 Å². The number of hydrogen-bond acceptors (Lipinski definition) is 5. The summed E-state index contributed by atoms with van der Waals surface area (Å²) in [6.07, 6.45) is 1.72. The molecule has 1 aliphatic rings. The highest BCUT2D eigenvalue weighted by atomic mass is 32.1. The van der Waals surface area contributed by atoms with E-state index in [0.29, 0.717) is 18.1 Å². The van der Waals surface area contributed by atoms with Gasteiger partial charge < -0.3 is 9.80 Å². The SMILES string of the molecule is CN(Cc1ccc(N(C)C)cc1)C(=O)Cc1csc(N2CCCC2=O)n1. The fourth-order valence-electron chi connectivity index (χ4n) is 2.90. The minimum Gasteiger partial charge on any atom is -0.378 e. The van der Waals surface area contributed by atoms with E-state index in [1.165, 1.54) is 11.3 Å². The van der Waals surface area contributed by atoms with Crippen molar-refractivity contribution in [3.05, 3.63) is 40.9 Å². The highest BCUT2D eigenvalue weighted by Gasteiger charge is 2.24. The second-order valence-electron chi connectivity index (χ2n) is 6.76. The Morgan fingerprint density at radius 1 is 1.23 bits per heavy atom. The number of amides is 2. The lowest BCUT2D eigenvalue weighted by molar-refractivity contribution is -0.129. The van der Waals surface area contributed by atoms with Gasteiger partial charge in [-0.15, -0.1) is 11.3 Å². The molecular weight excluding hydrogens is 348 g/mol. The monoisotopic (exact) mass is 372 g/mol. The first-order valence-corrected chi connectivity index (χ1v) is 9.57. The van der Waals surface area contributed by atoms with Crippen LogP contribution < -0.4 is 9.80 Å². The molecule has 1 saturated heterocycles. The lowest BCUT2D eigenvalue weighted by Crippen LogP contribution is -2.28. The van der Waals surface area contributed by atoms with Crippen molar-refractivity contribution in [3.8, 4) is 0 Å². The van der Waals surface area contributed by atoms with Crippen molar-refractivity contribution in [3.63, 3.8) is 0 Å². The van der Waals surface area contributed by atoms with Crippen molar-refractivity contribution in [1.29, 1.82) is 0 Å². The normalized spacial score (nSPS) is 14.0. The van der Waals surface area contributed by atoms with Crippen LogP contribution in [0.4, 0.5) is 10.8 Å². The number of aromatic nitrogens is 1. The van der Waals surface area contributed by atoms with Crippen molar-refractivity contribution in [1.82, 2.24) is 9.88 Å². The van der Waals surface area contributed by atoms with Crippen LogP contribution in [0, 0.1) is 0 Å². The molecule has 0 spiro atoms. The highest BCUT2D eigenvalue weighted by molar-refractivity contribution is 7.14. The van der Waals surface area contributed by atoms with Gasteiger partial charge in [0.1, 0.15) is 0 Å². The first-order chi connectivity index (χ1) is 12.4. The average molecular weight is 372 g/mol. The third kappa shape index (κ3) is 4.22. The van der Waals surface area contributed by atoms with Gasteiger partial charge in [-0.3, -0.25) is 14.5 Å². The molecule has 2 aromatic rings. The van der Waals surface area contributed by atoms with E-state index in [9.17, 15) is 9.59 Å². The van der Waals surface area contributed by atoms with Crippen LogP contribution in [0.25, 0.3) is 0 Å². The van der Waals surface area contributed by atoms with Crippen LogP contribution >= 0.6 is 11.3 Å². The molecule has 6 nitrogen and oxygen atoms in total. The van der Waals surface area contributed by atoms with Crippen LogP contribution in [0.5, 0.6) is 0 Å². The largest absolute Gasteiger partial charge is 0.378 e. The Bertz CT molecular complexity index is 785. The van der Waals surface area contributed by atoms with Gasteiger partial charge in [-0.25, -0.2) is 4.98 Å². The predicted molar refractivity (Wildman–Crippen MR) is 105 cm³/mol. The lowest BCUT2D eigenvalue weighted by Gasteiger charge is -2.18. The molecule has 138 valence electrons. The summed E-state index contributed by atoms with van der Waals surface area (Å²) < 4.78 is 0. The molecule has 1 aromatic heterocycles. The maximum absolute atomic E-state index is 12.5. The first kappa shape index (κ1) is 18.4. The van der Waals surface area contributed by atoms with Gasteiger partial charge in [-0.1, -0.05) is 12.1 Å². The van der Waals surface area contributed by atoms with Gasteiger partial charge in [-0.2, -0.15) is 0 Å². The second-order valence-corrected chi connectivity index (χ2v) is 7.59. The quantitative estimate of drug-likeness (QED) is 0.782. The van der Waals surface area contributed by atoms with Crippen LogP contribution in [0.1, 0.15) is 24.1 Å². The summed E-state index contributed by atoms with van der Waals surface area (Å²) in [6.45, 7) is 1.29. The molecule has 0 N–H and O–H groups in total. The van der Waals surface area contributed by atoms with Crippen LogP contribution in [0.3, 0.4) is 0 Å². The van der Waals surface area contributed by atoms with E-state index in [1.807, 2.05) is 48.6 Å². The molecule has 0 atom stereocenters. The molecule has 3 rings (SSSR count). The minimum absolute atomic E-state index is 0.0197. The van der Waals surface area contributed by atoms with Crippen molar-refractivity contribution < 1.29 is 9.59 Å². The third-order valence-corrected chi connectivity index (χ3v) is 5.39. The Morgan fingerprint density at radius 3 is 2.58 bits per heavy atom. The summed E-state index contributed by atoms with van der Waals surface area (Å²) >= 11 is 1.43. The van der Waals surface area contributed by atoms with Gasteiger partial charge in [0.15, 0.2) is 5.13 Å². The van der Waals surface area contributed by atoms with Gasteiger partial charge in [0.25, 0.3) is 0 Å². The number of rotatable bonds is 6. The van der Waals surface area contributed by atoms with Crippen molar-refractivity contribution in [2.24, 2.45) is 0 Å². The standard InChI is InChI=1S/C19H24N4O2S/c1-21(2)16-8-6-14(7-9-16)12-22(3)18(25)11-15-13-26-19(20-15)23-10-4-5-17(23)24/h6-9,13H,4-5,10-12H2,1-3H3. The number of hydrogen-bond donors (Lipinski definition) is 0. The summed E-state index contributed by atoms with van der Waals surface area (Å²) in [5.74, 6) is 0.141. The summed E-state index contributed by atoms with van der Waals surface area (Å²) in [4.78, 5) is 34.2. The topological polar surface area (TPSA) is 56.8 Å². The smallest absolute Gasteiger partial charge is 0.228 e. The zero-order chi connectivity index (χ0) is 18.7. The Kier molecular flexibility index (Phi) is 5.56. The van der Waals surface area contributed by atoms with Crippen LogP contribution in [-0.2, 0) is 22.6 Å². The summed E-state index contributed by atoms with van der Waals surface area (Å²) in [5.41, 5.74) is 2.95. The molecule has 2 amide bonds. The van der Waals surface area contributed by atoms with Gasteiger partial charge >= 0.3 is 0 Å². The van der Waals surface area contributed by atoms with Crippen LogP contribution in [0.2, 0.25) is 0 Å². The zero-order valence-electron chi connectivity index (χ0n) is 15.4. The molecule has 1 aromatic carbocycles. The number of nitrogens with zero attached hydrogens (tertiary/aromatic N) is 4. The predicted octanol–water partition coefficient (Wildman–Crippen LogP) is 2.54. The Hall–Kier alpha value is -2.41. The van der Waals surface area contributed by atoms with Crippen LogP contribution in [0.15, 0.2) is 29.6 Å². The number of thiazole rings is 1. The van der Waals surface area contributed by atoms with Gasteiger partial charge in [0.2, 0.25) is 11.8 Å². The maximum Gasteiger partial charge on any atom is 0.228 e. The third-order valence-electron chi connectivity index (χ3n) is 4.47. The highest BCUT2D eigenvalue weighted by Crippen LogP contribution is 2.25. The van der Waals surface area contributed by atoms with E-state index in [-0.39, 0.29) is 18.2 Å². The van der Waals surface area contributed by atoms with E-state index >= 15 is 0 Å². The Balaban J connectivity index is 1.57. The maximum atomic E-state index is 12.5. The van der Waals surface area contributed by atoms with Crippen molar-refractivity contribution >= 4 is 34.0 Å². The van der Waals surface area contributed by atoms with Gasteiger partial charge in [-0.05, 0) is 24.1 Å². The van der Waals surface area contributed by atoms with E-state index in [4.69, 9.17) is 0 Å². The number of carbonyl (C=O) groups excluding carboxylic acids is 2. The Labute approximate surface area is 158 Å². The minimum atomic E-state index is 0.0197. The molecule has 0 bridgehead atoms. The first-order valence-electron chi connectivity index (χ1n) is 8.69. The molecular formula is C19H24N4O2S. The number of anilines is 2. The van der Waals surface area contributed by atoms with E-state index < -0.39 is 0 Å². The van der Waals surface area contributed by atoms with Gasteiger partial charge in [0.05, 0.1) is 12.1 Å². The van der Waals surface area contributed by atoms with Crippen LogP contribution in [-0.4, -0.2) is 49.4 Å². The van der Waals surface area contributed by atoms with E-state index in [1.54, 1.807) is 16.8 Å². The number of carbonyl (C=O) groups is 2. The van der Waals surface area contributed by atoms with E-state index in [0.717, 1.165) is 29.9 Å². The summed E-state index contributed by atoms with van der Waals surface area (Å²) in [5, 5.41) is 2.58. The fraction of sp³-hybridized carbons (Fsp3) is 0.421. The molecule has 0 unspecified atom stereocenters. The van der Waals surface area contributed by atoms with E-state index in [2.05, 4.69) is 4.98 Å². The Morgan fingerprint density at radius 2 is 1.96 bits per heavy atom. The molecule has 2 heterocycles. The zero-order valence-corrected chi connectivity index (χ0v) is 16.3. The molecule has 0 aliphatic carbocycles. The fourth-order valence-corrected chi connectivity index (χ4v) is 3.77. The molecule has 0 radical (unpaired) electrons. The summed E-state index contributed by atoms with van der Waals surface area (Å²) in [7, 11) is 5.81. The number of benzene rings is 1. The number of likely N-dealkylation sites (N-methyl/N-ethyl adjacent to an activating group) is 1. The lowest BCUT2D eigenvalue weighted by atomic mass is 10.2. The average Bonchev–Trinajstić information content (AvgIpc) is 3.23. The molecule has 1 aliphatic heterocycles. The molecule has 26 heavy (non-hydrogen) atoms. The second kappa shape index (κ2) is 7.86. The van der Waals surface area contributed by atoms with Gasteiger partial charge in [0, 0.05) is 51.7 Å². The molecule has 1 fully saturated rings.